The van der Waals surface area contributed by atoms with Gasteiger partial charge in [0.15, 0.2) is 5.13 Å². The molecule has 3 aromatic rings. The Hall–Kier alpha value is -2.47. The number of aryl methyl sites for hydroxylation is 1. The Morgan fingerprint density at radius 2 is 1.97 bits per heavy atom. The largest absolute Gasteiger partial charge is 0.376 e. The number of thiazole rings is 1. The molecule has 2 saturated heterocycles. The second-order valence-corrected chi connectivity index (χ2v) is 12.4. The van der Waals surface area contributed by atoms with E-state index in [1.165, 1.54) is 11.3 Å². The fraction of sp³-hybridized carbons (Fsp3) is 0.462. The van der Waals surface area contributed by atoms with Gasteiger partial charge in [0.05, 0.1) is 22.9 Å². The maximum atomic E-state index is 14.2. The van der Waals surface area contributed by atoms with Crippen LogP contribution in [0.1, 0.15) is 38.2 Å². The number of anilines is 1. The Balaban J connectivity index is 1.36. The second-order valence-electron chi connectivity index (χ2n) is 9.45. The highest BCUT2D eigenvalue weighted by Crippen LogP contribution is 2.34. The number of fused-ring (bicyclic) bond motifs is 1. The van der Waals surface area contributed by atoms with Crippen molar-refractivity contribution in [3.8, 4) is 0 Å². The van der Waals surface area contributed by atoms with Crippen LogP contribution in [0.25, 0.3) is 10.2 Å². The van der Waals surface area contributed by atoms with Crippen molar-refractivity contribution in [2.45, 2.75) is 50.0 Å². The van der Waals surface area contributed by atoms with E-state index in [9.17, 15) is 22.0 Å². The molecule has 5 rings (SSSR count). The van der Waals surface area contributed by atoms with Gasteiger partial charge < -0.3 is 4.74 Å². The Morgan fingerprint density at radius 3 is 2.68 bits per heavy atom. The number of para-hydroxylation sites is 1. The Bertz CT molecular complexity index is 1400. The fourth-order valence-electron chi connectivity index (χ4n) is 5.03. The predicted molar refractivity (Wildman–Crippen MR) is 138 cm³/mol. The molecule has 0 aliphatic carbocycles. The Morgan fingerprint density at radius 1 is 1.19 bits per heavy atom. The number of nitrogens with zero attached hydrogens (tertiary/aromatic N) is 3. The number of halogens is 2. The molecular formula is C26H29F2N3O4S2. The van der Waals surface area contributed by atoms with Crippen molar-refractivity contribution in [1.82, 2.24) is 9.29 Å². The summed E-state index contributed by atoms with van der Waals surface area (Å²) in [5, 5.41) is 0.619. The molecule has 37 heavy (non-hydrogen) atoms. The third-order valence-electron chi connectivity index (χ3n) is 7.09. The van der Waals surface area contributed by atoms with Crippen molar-refractivity contribution in [3.05, 3.63) is 53.6 Å². The average Bonchev–Trinajstić information content (AvgIpc) is 3.58. The molecule has 0 radical (unpaired) electrons. The molecule has 2 fully saturated rings. The first-order valence-electron chi connectivity index (χ1n) is 12.5. The molecule has 1 amide bonds. The second kappa shape index (κ2) is 10.7. The van der Waals surface area contributed by atoms with Crippen LogP contribution in [0, 0.1) is 17.6 Å². The van der Waals surface area contributed by atoms with Crippen molar-refractivity contribution in [3.63, 3.8) is 0 Å². The lowest BCUT2D eigenvalue weighted by Gasteiger charge is -2.33. The molecular weight excluding hydrogens is 520 g/mol. The van der Waals surface area contributed by atoms with Crippen molar-refractivity contribution in [2.75, 3.05) is 31.1 Å². The zero-order chi connectivity index (χ0) is 26.2. The van der Waals surface area contributed by atoms with Crippen LogP contribution in [-0.2, 0) is 26.0 Å². The SMILES string of the molecule is CCc1cccc2sc(N(CC3CCCO3)C(=O)C3CCN(S(=O)(=O)c4cc(F)ccc4F)CC3)nc12. The van der Waals surface area contributed by atoms with Crippen molar-refractivity contribution in [2.24, 2.45) is 5.92 Å². The summed E-state index contributed by atoms with van der Waals surface area (Å²) in [6.07, 6.45) is 3.13. The molecule has 0 bridgehead atoms. The summed E-state index contributed by atoms with van der Waals surface area (Å²) in [6.45, 7) is 3.22. The van der Waals surface area contributed by atoms with Gasteiger partial charge in [0.1, 0.15) is 16.5 Å². The summed E-state index contributed by atoms with van der Waals surface area (Å²) in [7, 11) is -4.22. The van der Waals surface area contributed by atoms with E-state index in [2.05, 4.69) is 6.92 Å². The number of piperidine rings is 1. The predicted octanol–water partition coefficient (Wildman–Crippen LogP) is 4.75. The number of hydrogen-bond donors (Lipinski definition) is 0. The number of sulfonamides is 1. The standard InChI is InChI=1S/C26H29F2N3O4S2/c1-2-17-5-3-7-22-24(17)29-26(36-22)31(16-20-6-4-14-35-20)25(32)18-10-12-30(13-11-18)37(33,34)23-15-19(27)8-9-21(23)28/h3,5,7-9,15,18,20H,2,4,6,10-14,16H2,1H3. The van der Waals surface area contributed by atoms with Crippen LogP contribution in [0.4, 0.5) is 13.9 Å². The molecule has 2 aliphatic heterocycles. The molecule has 2 aromatic carbocycles. The number of hydrogen-bond acceptors (Lipinski definition) is 6. The smallest absolute Gasteiger partial charge is 0.246 e. The zero-order valence-electron chi connectivity index (χ0n) is 20.5. The summed E-state index contributed by atoms with van der Waals surface area (Å²) in [6, 6.07) is 8.42. The summed E-state index contributed by atoms with van der Waals surface area (Å²) in [5.74, 6) is -2.34. The van der Waals surface area contributed by atoms with Gasteiger partial charge >= 0.3 is 0 Å². The lowest BCUT2D eigenvalue weighted by Crippen LogP contribution is -2.46. The summed E-state index contributed by atoms with van der Waals surface area (Å²) in [4.78, 5) is 19.7. The minimum atomic E-state index is -4.22. The average molecular weight is 550 g/mol. The molecule has 0 N–H and O–H groups in total. The molecule has 198 valence electrons. The Kier molecular flexibility index (Phi) is 7.58. The first-order chi connectivity index (χ1) is 17.8. The summed E-state index contributed by atoms with van der Waals surface area (Å²) in [5.41, 5.74) is 2.01. The molecule has 3 heterocycles. The van der Waals surface area contributed by atoms with E-state index >= 15 is 0 Å². The van der Waals surface area contributed by atoms with Gasteiger partial charge in [-0.25, -0.2) is 22.2 Å². The van der Waals surface area contributed by atoms with Crippen LogP contribution >= 0.6 is 11.3 Å². The topological polar surface area (TPSA) is 79.8 Å². The van der Waals surface area contributed by atoms with Crippen LogP contribution in [-0.4, -0.2) is 56.0 Å². The van der Waals surface area contributed by atoms with Gasteiger partial charge in [0.2, 0.25) is 15.9 Å². The number of ether oxygens (including phenoxy) is 1. The highest BCUT2D eigenvalue weighted by Gasteiger charge is 2.37. The van der Waals surface area contributed by atoms with Gasteiger partial charge in [-0.3, -0.25) is 9.69 Å². The highest BCUT2D eigenvalue weighted by molar-refractivity contribution is 7.89. The third-order valence-corrected chi connectivity index (χ3v) is 10.1. The van der Waals surface area contributed by atoms with Crippen molar-refractivity contribution >= 4 is 42.6 Å². The van der Waals surface area contributed by atoms with E-state index in [1.807, 2.05) is 18.2 Å². The van der Waals surface area contributed by atoms with Crippen LogP contribution in [0.2, 0.25) is 0 Å². The fourth-order valence-corrected chi connectivity index (χ4v) is 7.60. The van der Waals surface area contributed by atoms with Crippen LogP contribution in [0.5, 0.6) is 0 Å². The van der Waals surface area contributed by atoms with E-state index < -0.39 is 32.5 Å². The number of rotatable bonds is 7. The maximum absolute atomic E-state index is 14.2. The quantitative estimate of drug-likeness (QED) is 0.425. The van der Waals surface area contributed by atoms with Gasteiger partial charge in [-0.1, -0.05) is 30.4 Å². The van der Waals surface area contributed by atoms with E-state index in [1.54, 1.807) is 4.90 Å². The molecule has 0 spiro atoms. The van der Waals surface area contributed by atoms with E-state index in [0.717, 1.165) is 51.5 Å². The Labute approximate surface area is 219 Å². The van der Waals surface area contributed by atoms with Crippen LogP contribution < -0.4 is 4.90 Å². The van der Waals surface area contributed by atoms with Gasteiger partial charge in [-0.15, -0.1) is 0 Å². The minimum absolute atomic E-state index is 0.0439. The molecule has 1 atom stereocenters. The summed E-state index contributed by atoms with van der Waals surface area (Å²) >= 11 is 1.47. The van der Waals surface area contributed by atoms with E-state index in [0.29, 0.717) is 24.3 Å². The van der Waals surface area contributed by atoms with Gasteiger partial charge in [-0.2, -0.15) is 4.31 Å². The minimum Gasteiger partial charge on any atom is -0.376 e. The zero-order valence-corrected chi connectivity index (χ0v) is 22.2. The van der Waals surface area contributed by atoms with Gasteiger partial charge in [0, 0.05) is 25.6 Å². The number of carbonyl (C=O) groups excluding carboxylic acids is 1. The first kappa shape index (κ1) is 26.1. The van der Waals surface area contributed by atoms with Gasteiger partial charge in [-0.05, 0) is 61.9 Å². The van der Waals surface area contributed by atoms with Gasteiger partial charge in [0.25, 0.3) is 0 Å². The molecule has 1 aromatic heterocycles. The molecule has 7 nitrogen and oxygen atoms in total. The number of carbonyl (C=O) groups is 1. The van der Waals surface area contributed by atoms with Crippen LogP contribution in [0.15, 0.2) is 41.3 Å². The molecule has 0 saturated carbocycles. The summed E-state index contributed by atoms with van der Waals surface area (Å²) < 4.78 is 61.8. The van der Waals surface area contributed by atoms with E-state index in [4.69, 9.17) is 9.72 Å². The van der Waals surface area contributed by atoms with E-state index in [-0.39, 0.29) is 37.9 Å². The number of benzene rings is 2. The molecule has 11 heteroatoms. The van der Waals surface area contributed by atoms with Crippen molar-refractivity contribution < 1.29 is 26.7 Å². The number of amides is 1. The first-order valence-corrected chi connectivity index (χ1v) is 14.8. The van der Waals surface area contributed by atoms with Crippen LogP contribution in [0.3, 0.4) is 0 Å². The lowest BCUT2D eigenvalue weighted by atomic mass is 9.96. The van der Waals surface area contributed by atoms with Crippen molar-refractivity contribution in [1.29, 1.82) is 0 Å². The third kappa shape index (κ3) is 5.27. The molecule has 1 unspecified atom stereocenters. The highest BCUT2D eigenvalue weighted by atomic mass is 32.2. The maximum Gasteiger partial charge on any atom is 0.246 e. The lowest BCUT2D eigenvalue weighted by molar-refractivity contribution is -0.123. The normalized spacial score (nSPS) is 19.5. The number of aromatic nitrogens is 1. The molecule has 2 aliphatic rings. The monoisotopic (exact) mass is 549 g/mol.